The first-order valence-electron chi connectivity index (χ1n) is 6.25. The van der Waals surface area contributed by atoms with E-state index in [9.17, 15) is 4.79 Å². The minimum absolute atomic E-state index is 0.0436. The summed E-state index contributed by atoms with van der Waals surface area (Å²) in [6.07, 6.45) is 3.40. The smallest absolute Gasteiger partial charge is 0.244 e. The number of hydrogen-bond donors (Lipinski definition) is 3. The van der Waals surface area contributed by atoms with E-state index < -0.39 is 0 Å². The number of benzene rings is 1. The summed E-state index contributed by atoms with van der Waals surface area (Å²) in [5.74, 6) is 0.400. The van der Waals surface area contributed by atoms with E-state index >= 15 is 0 Å². The Kier molecular flexibility index (Phi) is 4.50. The molecule has 1 aromatic rings. The van der Waals surface area contributed by atoms with Crippen LogP contribution in [0.1, 0.15) is 12.5 Å². The lowest BCUT2D eigenvalue weighted by Crippen LogP contribution is -2.34. The van der Waals surface area contributed by atoms with Crippen LogP contribution in [0.2, 0.25) is 0 Å². The zero-order valence-electron chi connectivity index (χ0n) is 10.5. The van der Waals surface area contributed by atoms with E-state index in [1.165, 1.54) is 0 Å². The Bertz CT molecular complexity index is 416. The van der Waals surface area contributed by atoms with E-state index in [4.69, 9.17) is 0 Å². The first-order chi connectivity index (χ1) is 8.75. The van der Waals surface area contributed by atoms with Crippen LogP contribution in [0.5, 0.6) is 0 Å². The summed E-state index contributed by atoms with van der Waals surface area (Å²) in [5.41, 5.74) is 7.25. The minimum Gasteiger partial charge on any atom is -0.352 e. The maximum absolute atomic E-state index is 11.6. The molecule has 0 radical (unpaired) electrons. The Morgan fingerprint density at radius 3 is 2.89 bits per heavy atom. The monoisotopic (exact) mass is 245 g/mol. The Morgan fingerprint density at radius 1 is 1.44 bits per heavy atom. The van der Waals surface area contributed by atoms with E-state index in [2.05, 4.69) is 23.1 Å². The molecular formula is C14H19N3O. The summed E-state index contributed by atoms with van der Waals surface area (Å²) < 4.78 is 0. The third-order valence-electron chi connectivity index (χ3n) is 3.17. The molecule has 0 spiro atoms. The molecule has 96 valence electrons. The van der Waals surface area contributed by atoms with Crippen molar-refractivity contribution < 1.29 is 4.79 Å². The van der Waals surface area contributed by atoms with Gasteiger partial charge in [0.15, 0.2) is 0 Å². The molecule has 1 amide bonds. The van der Waals surface area contributed by atoms with Gasteiger partial charge in [0.1, 0.15) is 0 Å². The highest BCUT2D eigenvalue weighted by molar-refractivity contribution is 5.91. The molecule has 1 heterocycles. The molecule has 1 aromatic carbocycles. The Balaban J connectivity index is 1.77. The predicted molar refractivity (Wildman–Crippen MR) is 72.6 cm³/mol. The summed E-state index contributed by atoms with van der Waals surface area (Å²) in [6.45, 7) is 3.69. The SMILES string of the molecule is CC1NNCC1CNC(=O)/C=C/c1ccccc1. The van der Waals surface area contributed by atoms with E-state index in [1.54, 1.807) is 6.08 Å². The second kappa shape index (κ2) is 6.33. The van der Waals surface area contributed by atoms with Crippen LogP contribution < -0.4 is 16.2 Å². The fraction of sp³-hybridized carbons (Fsp3) is 0.357. The van der Waals surface area contributed by atoms with Crippen LogP contribution >= 0.6 is 0 Å². The summed E-state index contributed by atoms with van der Waals surface area (Å²) in [7, 11) is 0. The van der Waals surface area contributed by atoms with Gasteiger partial charge in [-0.3, -0.25) is 15.6 Å². The van der Waals surface area contributed by atoms with Gasteiger partial charge in [0, 0.05) is 31.1 Å². The molecule has 18 heavy (non-hydrogen) atoms. The van der Waals surface area contributed by atoms with E-state index in [-0.39, 0.29) is 5.91 Å². The predicted octanol–water partition coefficient (Wildman–Crippen LogP) is 0.928. The molecule has 0 saturated carbocycles. The molecule has 1 aliphatic heterocycles. The largest absolute Gasteiger partial charge is 0.352 e. The maximum Gasteiger partial charge on any atom is 0.244 e. The van der Waals surface area contributed by atoms with Crippen LogP contribution in [-0.4, -0.2) is 25.0 Å². The Morgan fingerprint density at radius 2 is 2.22 bits per heavy atom. The molecule has 2 unspecified atom stereocenters. The molecule has 1 fully saturated rings. The fourth-order valence-electron chi connectivity index (χ4n) is 1.92. The third kappa shape index (κ3) is 3.68. The minimum atomic E-state index is -0.0436. The number of carbonyl (C=O) groups is 1. The van der Waals surface area contributed by atoms with Crippen LogP contribution in [0.3, 0.4) is 0 Å². The molecule has 1 saturated heterocycles. The van der Waals surface area contributed by atoms with Crippen molar-refractivity contribution in [2.75, 3.05) is 13.1 Å². The Hall–Kier alpha value is -1.65. The average molecular weight is 245 g/mol. The van der Waals surface area contributed by atoms with Crippen molar-refractivity contribution in [1.29, 1.82) is 0 Å². The van der Waals surface area contributed by atoms with Crippen molar-refractivity contribution in [2.45, 2.75) is 13.0 Å². The molecule has 0 aliphatic carbocycles. The first-order valence-corrected chi connectivity index (χ1v) is 6.25. The topological polar surface area (TPSA) is 53.2 Å². The van der Waals surface area contributed by atoms with Gasteiger partial charge in [0.2, 0.25) is 5.91 Å². The average Bonchev–Trinajstić information content (AvgIpc) is 2.81. The van der Waals surface area contributed by atoms with Crippen LogP contribution in [0, 0.1) is 5.92 Å². The highest BCUT2D eigenvalue weighted by Gasteiger charge is 2.22. The van der Waals surface area contributed by atoms with Gasteiger partial charge in [-0.15, -0.1) is 0 Å². The molecule has 4 heteroatoms. The standard InChI is InChI=1S/C14H19N3O/c1-11-13(10-16-17-11)9-15-14(18)8-7-12-5-3-2-4-6-12/h2-8,11,13,16-17H,9-10H2,1H3,(H,15,18)/b8-7+. The van der Waals surface area contributed by atoms with Gasteiger partial charge in [-0.25, -0.2) is 0 Å². The van der Waals surface area contributed by atoms with Crippen molar-refractivity contribution >= 4 is 12.0 Å². The first kappa shape index (κ1) is 12.8. The van der Waals surface area contributed by atoms with Gasteiger partial charge in [-0.05, 0) is 18.6 Å². The highest BCUT2D eigenvalue weighted by atomic mass is 16.1. The quantitative estimate of drug-likeness (QED) is 0.692. The fourth-order valence-corrected chi connectivity index (χ4v) is 1.92. The van der Waals surface area contributed by atoms with Gasteiger partial charge in [-0.2, -0.15) is 0 Å². The summed E-state index contributed by atoms with van der Waals surface area (Å²) in [4.78, 5) is 11.6. The van der Waals surface area contributed by atoms with Crippen molar-refractivity contribution in [3.8, 4) is 0 Å². The van der Waals surface area contributed by atoms with Gasteiger partial charge in [0.25, 0.3) is 0 Å². The molecule has 2 atom stereocenters. The van der Waals surface area contributed by atoms with Gasteiger partial charge >= 0.3 is 0 Å². The highest BCUT2D eigenvalue weighted by Crippen LogP contribution is 2.05. The van der Waals surface area contributed by atoms with Crippen LogP contribution in [0.25, 0.3) is 6.08 Å². The lowest BCUT2D eigenvalue weighted by Gasteiger charge is -2.13. The Labute approximate surface area is 107 Å². The summed E-state index contributed by atoms with van der Waals surface area (Å²) >= 11 is 0. The van der Waals surface area contributed by atoms with E-state index in [0.717, 1.165) is 12.1 Å². The summed E-state index contributed by atoms with van der Waals surface area (Å²) in [6, 6.07) is 10.2. The van der Waals surface area contributed by atoms with Gasteiger partial charge < -0.3 is 5.32 Å². The molecule has 0 bridgehead atoms. The maximum atomic E-state index is 11.6. The van der Waals surface area contributed by atoms with E-state index in [1.807, 2.05) is 36.4 Å². The van der Waals surface area contributed by atoms with Crippen molar-refractivity contribution in [3.63, 3.8) is 0 Å². The van der Waals surface area contributed by atoms with Crippen LogP contribution in [0.15, 0.2) is 36.4 Å². The molecule has 3 N–H and O–H groups in total. The second-order valence-corrected chi connectivity index (χ2v) is 4.56. The van der Waals surface area contributed by atoms with Crippen molar-refractivity contribution in [1.82, 2.24) is 16.2 Å². The second-order valence-electron chi connectivity index (χ2n) is 4.56. The number of carbonyl (C=O) groups excluding carboxylic acids is 1. The normalized spacial score (nSPS) is 23.4. The molecular weight excluding hydrogens is 226 g/mol. The summed E-state index contributed by atoms with van der Waals surface area (Å²) in [5, 5.41) is 2.92. The number of hydrogen-bond acceptors (Lipinski definition) is 3. The van der Waals surface area contributed by atoms with Crippen molar-refractivity contribution in [2.24, 2.45) is 5.92 Å². The number of amides is 1. The van der Waals surface area contributed by atoms with Crippen LogP contribution in [0.4, 0.5) is 0 Å². The zero-order valence-corrected chi connectivity index (χ0v) is 10.5. The molecule has 2 rings (SSSR count). The van der Waals surface area contributed by atoms with Gasteiger partial charge in [0.05, 0.1) is 0 Å². The number of hydrazine groups is 1. The van der Waals surface area contributed by atoms with Crippen LogP contribution in [-0.2, 0) is 4.79 Å². The number of nitrogens with one attached hydrogen (secondary N) is 3. The lowest BCUT2D eigenvalue weighted by molar-refractivity contribution is -0.116. The lowest BCUT2D eigenvalue weighted by atomic mass is 10.0. The number of rotatable bonds is 4. The zero-order chi connectivity index (χ0) is 12.8. The molecule has 4 nitrogen and oxygen atoms in total. The molecule has 0 aromatic heterocycles. The molecule has 1 aliphatic rings. The van der Waals surface area contributed by atoms with Gasteiger partial charge in [-0.1, -0.05) is 30.3 Å². The van der Waals surface area contributed by atoms with E-state index in [0.29, 0.717) is 18.5 Å². The van der Waals surface area contributed by atoms with Crippen molar-refractivity contribution in [3.05, 3.63) is 42.0 Å². The third-order valence-corrected chi connectivity index (χ3v) is 3.17.